The van der Waals surface area contributed by atoms with E-state index in [1.165, 1.54) is 12.1 Å². The number of halogens is 3. The average molecular weight is 256 g/mol. The van der Waals surface area contributed by atoms with E-state index >= 15 is 0 Å². The Bertz CT molecular complexity index is 454. The van der Waals surface area contributed by atoms with Crippen LogP contribution in [0.5, 0.6) is 0 Å². The molecule has 2 aliphatic rings. The summed E-state index contributed by atoms with van der Waals surface area (Å²) in [5, 5.41) is 3.41. The van der Waals surface area contributed by atoms with Gasteiger partial charge in [0.2, 0.25) is 0 Å². The lowest BCUT2D eigenvalue weighted by Gasteiger charge is -2.33. The van der Waals surface area contributed by atoms with E-state index in [1.54, 1.807) is 0 Å². The Hall–Kier alpha value is -1.07. The van der Waals surface area contributed by atoms with Gasteiger partial charge in [-0.15, -0.1) is 0 Å². The van der Waals surface area contributed by atoms with Gasteiger partial charge in [-0.1, -0.05) is 12.1 Å². The summed E-state index contributed by atoms with van der Waals surface area (Å²) in [6.45, 7) is 0. The van der Waals surface area contributed by atoms with Crippen LogP contribution in [0.25, 0.3) is 0 Å². The highest BCUT2D eigenvalue weighted by atomic mass is 19.4. The maximum absolute atomic E-state index is 12.5. The summed E-state index contributed by atoms with van der Waals surface area (Å²) >= 11 is 0. The Morgan fingerprint density at radius 3 is 2.28 bits per heavy atom. The standard InChI is InChI=1S/C13H15F3N2/c14-13(15,16)9-3-1-8(2-4-9)12(17)7-10-5-6-11(12)18-10/h1-4,10-11,18H,5-7,17H2. The highest BCUT2D eigenvalue weighted by molar-refractivity contribution is 5.34. The molecule has 18 heavy (non-hydrogen) atoms. The van der Waals surface area contributed by atoms with Crippen molar-refractivity contribution in [1.82, 2.24) is 5.32 Å². The highest BCUT2D eigenvalue weighted by Crippen LogP contribution is 2.42. The zero-order chi connectivity index (χ0) is 13.0. The van der Waals surface area contributed by atoms with Gasteiger partial charge >= 0.3 is 6.18 Å². The van der Waals surface area contributed by atoms with Gasteiger partial charge in [0.15, 0.2) is 0 Å². The first-order valence-electron chi connectivity index (χ1n) is 6.12. The van der Waals surface area contributed by atoms with Gasteiger partial charge in [0.25, 0.3) is 0 Å². The Balaban J connectivity index is 1.90. The molecule has 98 valence electrons. The van der Waals surface area contributed by atoms with Crippen LogP contribution in [0.1, 0.15) is 30.4 Å². The van der Waals surface area contributed by atoms with Crippen LogP contribution >= 0.6 is 0 Å². The first-order chi connectivity index (χ1) is 8.39. The van der Waals surface area contributed by atoms with Crippen LogP contribution in [-0.2, 0) is 11.7 Å². The molecule has 0 spiro atoms. The van der Waals surface area contributed by atoms with Gasteiger partial charge < -0.3 is 11.1 Å². The predicted octanol–water partition coefficient (Wildman–Crippen LogP) is 2.38. The van der Waals surface area contributed by atoms with Crippen molar-refractivity contribution in [3.63, 3.8) is 0 Å². The van der Waals surface area contributed by atoms with E-state index in [-0.39, 0.29) is 6.04 Å². The molecule has 2 fully saturated rings. The Morgan fingerprint density at radius 1 is 1.17 bits per heavy atom. The second kappa shape index (κ2) is 3.71. The third kappa shape index (κ3) is 1.73. The summed E-state index contributed by atoms with van der Waals surface area (Å²) < 4.78 is 37.5. The van der Waals surface area contributed by atoms with E-state index in [4.69, 9.17) is 5.73 Å². The second-order valence-electron chi connectivity index (χ2n) is 5.31. The second-order valence-corrected chi connectivity index (χ2v) is 5.31. The van der Waals surface area contributed by atoms with Crippen molar-refractivity contribution in [2.45, 2.75) is 43.1 Å². The van der Waals surface area contributed by atoms with Crippen molar-refractivity contribution >= 4 is 0 Å². The van der Waals surface area contributed by atoms with Gasteiger partial charge in [-0.25, -0.2) is 0 Å². The van der Waals surface area contributed by atoms with Crippen molar-refractivity contribution in [3.8, 4) is 0 Å². The third-order valence-corrected chi connectivity index (χ3v) is 4.20. The van der Waals surface area contributed by atoms with Gasteiger partial charge in [0, 0.05) is 12.1 Å². The van der Waals surface area contributed by atoms with E-state index in [9.17, 15) is 13.2 Å². The lowest BCUT2D eigenvalue weighted by molar-refractivity contribution is -0.137. The number of benzene rings is 1. The molecule has 3 unspecified atom stereocenters. The zero-order valence-electron chi connectivity index (χ0n) is 9.80. The zero-order valence-corrected chi connectivity index (χ0v) is 9.80. The SMILES string of the molecule is NC1(c2ccc(C(F)(F)F)cc2)CC2CCC1N2. The lowest BCUT2D eigenvalue weighted by atomic mass is 9.77. The molecule has 1 aromatic carbocycles. The molecule has 2 aliphatic heterocycles. The minimum Gasteiger partial charge on any atom is -0.320 e. The Morgan fingerprint density at radius 2 is 1.83 bits per heavy atom. The molecule has 3 atom stereocenters. The molecule has 0 amide bonds. The number of alkyl halides is 3. The van der Waals surface area contributed by atoms with Crippen LogP contribution in [0.4, 0.5) is 13.2 Å². The smallest absolute Gasteiger partial charge is 0.320 e. The molecular weight excluding hydrogens is 241 g/mol. The van der Waals surface area contributed by atoms with Crippen LogP contribution in [0.3, 0.4) is 0 Å². The van der Waals surface area contributed by atoms with E-state index in [0.29, 0.717) is 6.04 Å². The molecule has 2 nitrogen and oxygen atoms in total. The fourth-order valence-corrected chi connectivity index (χ4v) is 3.22. The fraction of sp³-hybridized carbons (Fsp3) is 0.538. The molecule has 5 heteroatoms. The molecule has 2 bridgehead atoms. The molecule has 0 radical (unpaired) electrons. The topological polar surface area (TPSA) is 38.0 Å². The molecular formula is C13H15F3N2. The number of nitrogens with one attached hydrogen (secondary N) is 1. The minimum absolute atomic E-state index is 0.194. The van der Waals surface area contributed by atoms with Crippen molar-refractivity contribution in [2.24, 2.45) is 5.73 Å². The van der Waals surface area contributed by atoms with E-state index in [1.807, 2.05) is 0 Å². The predicted molar refractivity (Wildman–Crippen MR) is 61.9 cm³/mol. The quantitative estimate of drug-likeness (QED) is 0.809. The van der Waals surface area contributed by atoms with Crippen LogP contribution < -0.4 is 11.1 Å². The van der Waals surface area contributed by atoms with Gasteiger partial charge in [-0.2, -0.15) is 13.2 Å². The van der Waals surface area contributed by atoms with Crippen molar-refractivity contribution in [2.75, 3.05) is 0 Å². The minimum atomic E-state index is -4.28. The maximum Gasteiger partial charge on any atom is 0.416 e. The molecule has 0 saturated carbocycles. The van der Waals surface area contributed by atoms with Gasteiger partial charge in [0.1, 0.15) is 0 Å². The molecule has 0 aliphatic carbocycles. The summed E-state index contributed by atoms with van der Waals surface area (Å²) in [6.07, 6.45) is -1.36. The van der Waals surface area contributed by atoms with Crippen molar-refractivity contribution in [1.29, 1.82) is 0 Å². The van der Waals surface area contributed by atoms with Crippen molar-refractivity contribution in [3.05, 3.63) is 35.4 Å². The molecule has 2 heterocycles. The first kappa shape index (κ1) is 12.0. The number of nitrogens with two attached hydrogens (primary N) is 1. The third-order valence-electron chi connectivity index (χ3n) is 4.20. The summed E-state index contributed by atoms with van der Waals surface area (Å²) in [6, 6.07) is 5.89. The summed E-state index contributed by atoms with van der Waals surface area (Å²) in [5.41, 5.74) is 6.06. The van der Waals surface area contributed by atoms with Gasteiger partial charge in [-0.05, 0) is 37.0 Å². The van der Waals surface area contributed by atoms with Gasteiger partial charge in [-0.3, -0.25) is 0 Å². The van der Waals surface area contributed by atoms with E-state index < -0.39 is 17.3 Å². The Labute approximate surface area is 103 Å². The van der Waals surface area contributed by atoms with Crippen LogP contribution in [0.2, 0.25) is 0 Å². The van der Waals surface area contributed by atoms with Gasteiger partial charge in [0.05, 0.1) is 11.1 Å². The van der Waals surface area contributed by atoms with Crippen LogP contribution in [0.15, 0.2) is 24.3 Å². The van der Waals surface area contributed by atoms with Crippen molar-refractivity contribution < 1.29 is 13.2 Å². The Kier molecular flexibility index (Phi) is 2.47. The number of fused-ring (bicyclic) bond motifs is 2. The summed E-state index contributed by atoms with van der Waals surface area (Å²) in [7, 11) is 0. The number of rotatable bonds is 1. The summed E-state index contributed by atoms with van der Waals surface area (Å²) in [5.74, 6) is 0. The fourth-order valence-electron chi connectivity index (χ4n) is 3.22. The lowest BCUT2D eigenvalue weighted by Crippen LogP contribution is -2.47. The largest absolute Gasteiger partial charge is 0.416 e. The molecule has 2 saturated heterocycles. The number of hydrogen-bond acceptors (Lipinski definition) is 2. The van der Waals surface area contributed by atoms with E-state index in [2.05, 4.69) is 5.32 Å². The molecule has 1 aromatic rings. The number of hydrogen-bond donors (Lipinski definition) is 2. The maximum atomic E-state index is 12.5. The monoisotopic (exact) mass is 256 g/mol. The first-order valence-corrected chi connectivity index (χ1v) is 6.12. The average Bonchev–Trinajstić information content (AvgIpc) is 2.88. The molecule has 3 N–H and O–H groups in total. The molecule has 3 rings (SSSR count). The van der Waals surface area contributed by atoms with Crippen LogP contribution in [0, 0.1) is 0 Å². The summed E-state index contributed by atoms with van der Waals surface area (Å²) in [4.78, 5) is 0. The van der Waals surface area contributed by atoms with Crippen LogP contribution in [-0.4, -0.2) is 12.1 Å². The van der Waals surface area contributed by atoms with E-state index in [0.717, 1.165) is 37.0 Å². The highest BCUT2D eigenvalue weighted by Gasteiger charge is 2.49. The molecule has 0 aromatic heterocycles. The normalized spacial score (nSPS) is 35.1.